The number of benzene rings is 4. The molecule has 9 nitrogen and oxygen atoms in total. The first-order chi connectivity index (χ1) is 22.1. The van der Waals surface area contributed by atoms with Gasteiger partial charge in [-0.3, -0.25) is 19.3 Å². The highest BCUT2D eigenvalue weighted by Gasteiger charge is 2.50. The van der Waals surface area contributed by atoms with Crippen LogP contribution in [0, 0.1) is 18.8 Å². The van der Waals surface area contributed by atoms with Gasteiger partial charge in [-0.15, -0.1) is 0 Å². The van der Waals surface area contributed by atoms with Crippen molar-refractivity contribution in [2.45, 2.75) is 37.0 Å². The summed E-state index contributed by atoms with van der Waals surface area (Å²) >= 11 is 0. The summed E-state index contributed by atoms with van der Waals surface area (Å²) in [5.74, 6) is -2.42. The maximum Gasteiger partial charge on any atom is 0.339 e. The molecule has 46 heavy (non-hydrogen) atoms. The molecule has 1 aliphatic carbocycles. The standard InChI is InChI=1S/C36H31NO8S/c1-23-10-17-30(18-11-23)46(42,43)45-29-15-12-25(13-16-29)33(38)22-44-36(41)27-8-5-9-28(20-27)37-34(39)31-19-14-26(21-32(31)35(37)40)24-6-3-2-4-7-24/h2-13,15-18,20,26,31-32H,14,19,21-22H2,1H3/t26-,31+,32+/m0/s1. The Morgan fingerprint density at radius 3 is 2.20 bits per heavy atom. The predicted molar refractivity (Wildman–Crippen MR) is 169 cm³/mol. The third-order valence-electron chi connectivity index (χ3n) is 8.56. The van der Waals surface area contributed by atoms with Crippen LogP contribution in [-0.2, 0) is 24.4 Å². The zero-order chi connectivity index (χ0) is 32.4. The van der Waals surface area contributed by atoms with E-state index < -0.39 is 34.4 Å². The fourth-order valence-corrected chi connectivity index (χ4v) is 7.04. The van der Waals surface area contributed by atoms with Gasteiger partial charge in [-0.1, -0.05) is 54.1 Å². The monoisotopic (exact) mass is 637 g/mol. The van der Waals surface area contributed by atoms with E-state index in [9.17, 15) is 27.6 Å². The van der Waals surface area contributed by atoms with Crippen molar-refractivity contribution in [3.8, 4) is 5.75 Å². The zero-order valence-corrected chi connectivity index (χ0v) is 25.8. The Kier molecular flexibility index (Phi) is 8.55. The molecule has 10 heteroatoms. The highest BCUT2D eigenvalue weighted by molar-refractivity contribution is 7.87. The number of amides is 2. The quantitative estimate of drug-likeness (QED) is 0.0966. The lowest BCUT2D eigenvalue weighted by Crippen LogP contribution is -2.31. The molecule has 1 saturated carbocycles. The summed E-state index contributed by atoms with van der Waals surface area (Å²) < 4.78 is 35.5. The Labute approximate surface area is 266 Å². The molecular formula is C36H31NO8S. The molecule has 2 fully saturated rings. The second-order valence-corrected chi connectivity index (χ2v) is 13.1. The normalized spacial score (nSPS) is 19.4. The van der Waals surface area contributed by atoms with Gasteiger partial charge in [0.25, 0.3) is 0 Å². The summed E-state index contributed by atoms with van der Waals surface area (Å²) in [5.41, 5.74) is 2.63. The van der Waals surface area contributed by atoms with E-state index in [2.05, 4.69) is 0 Å². The lowest BCUT2D eigenvalue weighted by Gasteiger charge is -2.28. The van der Waals surface area contributed by atoms with Crippen molar-refractivity contribution in [2.24, 2.45) is 11.8 Å². The summed E-state index contributed by atoms with van der Waals surface area (Å²) in [7, 11) is -4.05. The van der Waals surface area contributed by atoms with E-state index in [1.807, 2.05) is 37.3 Å². The minimum absolute atomic E-state index is 0.00255. The van der Waals surface area contributed by atoms with Crippen molar-refractivity contribution in [1.82, 2.24) is 0 Å². The smallest absolute Gasteiger partial charge is 0.339 e. The molecule has 0 radical (unpaired) electrons. The first-order valence-electron chi connectivity index (χ1n) is 14.9. The minimum atomic E-state index is -4.05. The van der Waals surface area contributed by atoms with Crippen LogP contribution in [0.1, 0.15) is 57.0 Å². The van der Waals surface area contributed by atoms with E-state index in [-0.39, 0.29) is 51.1 Å². The minimum Gasteiger partial charge on any atom is -0.454 e. The van der Waals surface area contributed by atoms with Crippen LogP contribution in [0.3, 0.4) is 0 Å². The first kappa shape index (κ1) is 30.9. The molecule has 3 atom stereocenters. The van der Waals surface area contributed by atoms with Crippen LogP contribution in [0.5, 0.6) is 5.75 Å². The van der Waals surface area contributed by atoms with E-state index in [1.165, 1.54) is 53.4 Å². The molecule has 4 aromatic carbocycles. The number of fused-ring (bicyclic) bond motifs is 1. The van der Waals surface area contributed by atoms with Crippen LogP contribution in [0.15, 0.2) is 108 Å². The molecule has 1 aliphatic heterocycles. The van der Waals surface area contributed by atoms with Gasteiger partial charge in [0.05, 0.1) is 23.1 Å². The average Bonchev–Trinajstić information content (AvgIpc) is 3.32. The molecule has 1 saturated heterocycles. The molecule has 0 aromatic heterocycles. The summed E-state index contributed by atoms with van der Waals surface area (Å²) in [6, 6.07) is 27.7. The maximum absolute atomic E-state index is 13.5. The van der Waals surface area contributed by atoms with Crippen molar-refractivity contribution >= 4 is 39.4 Å². The number of Topliss-reactive ketones (excluding diaryl/α,β-unsaturated/α-hetero) is 1. The Hall–Kier alpha value is -5.09. The van der Waals surface area contributed by atoms with Gasteiger partial charge in [-0.05, 0) is 92.3 Å². The number of ketones is 1. The molecule has 2 aliphatic rings. The lowest BCUT2D eigenvalue weighted by molar-refractivity contribution is -0.122. The van der Waals surface area contributed by atoms with Crippen molar-refractivity contribution < 1.29 is 36.5 Å². The van der Waals surface area contributed by atoms with Gasteiger partial charge in [0.1, 0.15) is 10.6 Å². The number of imide groups is 1. The number of carbonyl (C=O) groups is 4. The van der Waals surface area contributed by atoms with Gasteiger partial charge >= 0.3 is 16.1 Å². The van der Waals surface area contributed by atoms with Gasteiger partial charge < -0.3 is 8.92 Å². The number of rotatable bonds is 9. The molecular weight excluding hydrogens is 606 g/mol. The third kappa shape index (κ3) is 6.34. The first-order valence-corrected chi connectivity index (χ1v) is 16.4. The van der Waals surface area contributed by atoms with Crippen LogP contribution in [0.25, 0.3) is 0 Å². The molecule has 4 aromatic rings. The summed E-state index contributed by atoms with van der Waals surface area (Å²) in [4.78, 5) is 53.6. The number of ether oxygens (including phenoxy) is 1. The topological polar surface area (TPSA) is 124 Å². The van der Waals surface area contributed by atoms with Gasteiger partial charge in [0.2, 0.25) is 11.8 Å². The second-order valence-electron chi connectivity index (χ2n) is 11.6. The second kappa shape index (κ2) is 12.7. The molecule has 6 rings (SSSR count). The van der Waals surface area contributed by atoms with Crippen molar-refractivity contribution in [3.63, 3.8) is 0 Å². The zero-order valence-electron chi connectivity index (χ0n) is 25.0. The Morgan fingerprint density at radius 1 is 0.783 bits per heavy atom. The van der Waals surface area contributed by atoms with Crippen molar-refractivity contribution in [3.05, 3.63) is 125 Å². The number of esters is 1. The van der Waals surface area contributed by atoms with Crippen molar-refractivity contribution in [1.29, 1.82) is 0 Å². The number of carbonyl (C=O) groups excluding carboxylic acids is 4. The highest BCUT2D eigenvalue weighted by Crippen LogP contribution is 2.45. The summed E-state index contributed by atoms with van der Waals surface area (Å²) in [6.45, 7) is 1.27. The van der Waals surface area contributed by atoms with Crippen LogP contribution in [0.4, 0.5) is 5.69 Å². The van der Waals surface area contributed by atoms with Crippen LogP contribution in [-0.4, -0.2) is 38.6 Å². The molecule has 2 amide bonds. The summed E-state index contributed by atoms with van der Waals surface area (Å²) in [5, 5.41) is 0. The van der Waals surface area contributed by atoms with Gasteiger partial charge in [-0.2, -0.15) is 8.42 Å². The van der Waals surface area contributed by atoms with Crippen molar-refractivity contribution in [2.75, 3.05) is 11.5 Å². The Morgan fingerprint density at radius 2 is 1.48 bits per heavy atom. The molecule has 0 spiro atoms. The van der Waals surface area contributed by atoms with Crippen LogP contribution in [0.2, 0.25) is 0 Å². The third-order valence-corrected chi connectivity index (χ3v) is 9.82. The molecule has 234 valence electrons. The Bertz CT molecular complexity index is 1900. The molecule has 0 N–H and O–H groups in total. The highest BCUT2D eigenvalue weighted by atomic mass is 32.2. The van der Waals surface area contributed by atoms with E-state index in [4.69, 9.17) is 8.92 Å². The number of aryl methyl sites for hydroxylation is 1. The Balaban J connectivity index is 1.07. The largest absolute Gasteiger partial charge is 0.454 e. The SMILES string of the molecule is Cc1ccc(S(=O)(=O)Oc2ccc(C(=O)COC(=O)c3cccc(N4C(=O)[C@@H]5CC[C@H](c6ccccc6)C[C@H]5C4=O)c3)cc2)cc1. The average molecular weight is 638 g/mol. The molecule has 1 heterocycles. The summed E-state index contributed by atoms with van der Waals surface area (Å²) in [6.07, 6.45) is 2.03. The molecule has 0 unspecified atom stereocenters. The van der Waals surface area contributed by atoms with Crippen LogP contribution >= 0.6 is 0 Å². The van der Waals surface area contributed by atoms with Crippen LogP contribution < -0.4 is 9.08 Å². The lowest BCUT2D eigenvalue weighted by atomic mass is 9.73. The van der Waals surface area contributed by atoms with Gasteiger partial charge in [0.15, 0.2) is 12.4 Å². The van der Waals surface area contributed by atoms with E-state index in [1.54, 1.807) is 24.3 Å². The van der Waals surface area contributed by atoms with E-state index >= 15 is 0 Å². The van der Waals surface area contributed by atoms with E-state index in [0.717, 1.165) is 17.5 Å². The fraction of sp³-hybridized carbons (Fsp3) is 0.222. The number of nitrogens with zero attached hydrogens (tertiary/aromatic N) is 1. The van der Waals surface area contributed by atoms with Gasteiger partial charge in [0, 0.05) is 5.56 Å². The predicted octanol–water partition coefficient (Wildman–Crippen LogP) is 5.88. The van der Waals surface area contributed by atoms with E-state index in [0.29, 0.717) is 12.8 Å². The fourth-order valence-electron chi connectivity index (χ4n) is 6.11. The number of hydrogen-bond acceptors (Lipinski definition) is 8. The number of anilines is 1. The molecule has 0 bridgehead atoms. The van der Waals surface area contributed by atoms with Gasteiger partial charge in [-0.25, -0.2) is 4.79 Å². The maximum atomic E-state index is 13.5. The number of hydrogen-bond donors (Lipinski definition) is 0.